The van der Waals surface area contributed by atoms with Gasteiger partial charge in [-0.1, -0.05) is 6.07 Å². The third-order valence-electron chi connectivity index (χ3n) is 1.78. The molecule has 0 aliphatic heterocycles. The monoisotopic (exact) mass is 286 g/mol. The number of ether oxygens (including phenoxy) is 1. The Bertz CT molecular complexity index is 445. The zero-order chi connectivity index (χ0) is 9.26. The Labute approximate surface area is 89.3 Å². The topological polar surface area (TPSA) is 35.0 Å². The maximum atomic E-state index is 5.21. The molecule has 0 fully saturated rings. The number of fused-ring (bicyclic) bond motifs is 1. The molecule has 0 bridgehead atoms. The summed E-state index contributed by atoms with van der Waals surface area (Å²) in [5, 5.41) is 9.02. The van der Waals surface area contributed by atoms with Gasteiger partial charge in [0.1, 0.15) is 9.45 Å². The van der Waals surface area contributed by atoms with Crippen molar-refractivity contribution in [2.75, 3.05) is 7.11 Å². The molecule has 0 amide bonds. The first-order chi connectivity index (χ1) is 6.31. The van der Waals surface area contributed by atoms with Gasteiger partial charge in [-0.25, -0.2) is 0 Å². The first kappa shape index (κ1) is 8.68. The van der Waals surface area contributed by atoms with Crippen LogP contribution in [0.25, 0.3) is 10.9 Å². The summed E-state index contributed by atoms with van der Waals surface area (Å²) in [6.45, 7) is 0. The zero-order valence-electron chi connectivity index (χ0n) is 6.99. The average Bonchev–Trinajstić information content (AvgIpc) is 2.17. The Morgan fingerprint density at radius 3 is 2.92 bits per heavy atom. The fourth-order valence-corrected chi connectivity index (χ4v) is 1.61. The fourth-order valence-electron chi connectivity index (χ4n) is 1.19. The van der Waals surface area contributed by atoms with E-state index in [1.807, 2.05) is 24.3 Å². The van der Waals surface area contributed by atoms with E-state index >= 15 is 0 Å². The Balaban J connectivity index is 2.79. The van der Waals surface area contributed by atoms with Crippen LogP contribution >= 0.6 is 22.6 Å². The number of hydrogen-bond acceptors (Lipinski definition) is 3. The lowest BCUT2D eigenvalue weighted by atomic mass is 10.2. The molecule has 13 heavy (non-hydrogen) atoms. The number of benzene rings is 1. The summed E-state index contributed by atoms with van der Waals surface area (Å²) in [4.78, 5) is 0. The lowest BCUT2D eigenvalue weighted by Gasteiger charge is -2.03. The normalized spacial score (nSPS) is 10.3. The molecule has 0 saturated heterocycles. The summed E-state index contributed by atoms with van der Waals surface area (Å²) in [7, 11) is 1.65. The van der Waals surface area contributed by atoms with E-state index in [4.69, 9.17) is 4.74 Å². The predicted molar refractivity (Wildman–Crippen MR) is 58.8 cm³/mol. The molecule has 0 aliphatic rings. The third kappa shape index (κ3) is 1.58. The van der Waals surface area contributed by atoms with Gasteiger partial charge in [0.05, 0.1) is 12.6 Å². The van der Waals surface area contributed by atoms with Gasteiger partial charge in [-0.05, 0) is 40.8 Å². The molecule has 0 N–H and O–H groups in total. The number of aromatic nitrogens is 2. The fraction of sp³-hybridized carbons (Fsp3) is 0.111. The van der Waals surface area contributed by atoms with E-state index < -0.39 is 0 Å². The number of rotatable bonds is 1. The van der Waals surface area contributed by atoms with Gasteiger partial charge in [-0.3, -0.25) is 0 Å². The second-order valence-corrected chi connectivity index (χ2v) is 3.67. The summed E-state index contributed by atoms with van der Waals surface area (Å²) >= 11 is 2.13. The minimum Gasteiger partial charge on any atom is -0.496 e. The predicted octanol–water partition coefficient (Wildman–Crippen LogP) is 2.24. The molecule has 1 aromatic heterocycles. The maximum Gasteiger partial charge on any atom is 0.128 e. The van der Waals surface area contributed by atoms with E-state index in [9.17, 15) is 0 Å². The van der Waals surface area contributed by atoms with E-state index in [1.165, 1.54) is 0 Å². The van der Waals surface area contributed by atoms with Crippen LogP contribution in [0.2, 0.25) is 0 Å². The Hall–Kier alpha value is -0.910. The molecule has 0 radical (unpaired) electrons. The number of methoxy groups -OCH3 is 1. The van der Waals surface area contributed by atoms with Gasteiger partial charge in [-0.15, -0.1) is 10.2 Å². The van der Waals surface area contributed by atoms with Gasteiger partial charge in [0, 0.05) is 5.39 Å². The molecule has 0 unspecified atom stereocenters. The second-order valence-electron chi connectivity index (χ2n) is 2.56. The van der Waals surface area contributed by atoms with Crippen LogP contribution in [0.4, 0.5) is 0 Å². The Morgan fingerprint density at radius 1 is 1.31 bits per heavy atom. The van der Waals surface area contributed by atoms with E-state index in [1.54, 1.807) is 7.11 Å². The van der Waals surface area contributed by atoms with Crippen molar-refractivity contribution in [2.45, 2.75) is 0 Å². The summed E-state index contributed by atoms with van der Waals surface area (Å²) < 4.78 is 6.08. The highest BCUT2D eigenvalue weighted by atomic mass is 127. The third-order valence-corrected chi connectivity index (χ3v) is 2.31. The van der Waals surface area contributed by atoms with E-state index in [2.05, 4.69) is 32.8 Å². The lowest BCUT2D eigenvalue weighted by molar-refractivity contribution is 0.419. The van der Waals surface area contributed by atoms with Gasteiger partial charge in [0.2, 0.25) is 0 Å². The smallest absolute Gasteiger partial charge is 0.128 e. The molecule has 0 spiro atoms. The molecule has 2 rings (SSSR count). The van der Waals surface area contributed by atoms with E-state index in [0.717, 1.165) is 20.4 Å². The summed E-state index contributed by atoms with van der Waals surface area (Å²) in [5.41, 5.74) is 0.861. The van der Waals surface area contributed by atoms with Crippen LogP contribution in [0, 0.1) is 3.70 Å². The van der Waals surface area contributed by atoms with Crippen molar-refractivity contribution in [3.8, 4) is 5.75 Å². The van der Waals surface area contributed by atoms with Crippen molar-refractivity contribution in [3.63, 3.8) is 0 Å². The molecule has 0 atom stereocenters. The molecular weight excluding hydrogens is 279 g/mol. The van der Waals surface area contributed by atoms with Crippen LogP contribution in [0.5, 0.6) is 5.75 Å². The molecule has 2 aromatic rings. The molecular formula is C9H7IN2O. The molecule has 4 heteroatoms. The van der Waals surface area contributed by atoms with Crippen LogP contribution in [-0.2, 0) is 0 Å². The Morgan fingerprint density at radius 2 is 2.15 bits per heavy atom. The first-order valence-corrected chi connectivity index (χ1v) is 4.85. The molecule has 3 nitrogen and oxygen atoms in total. The van der Waals surface area contributed by atoms with Gasteiger partial charge in [-0.2, -0.15) is 0 Å². The van der Waals surface area contributed by atoms with Crippen molar-refractivity contribution >= 4 is 33.5 Å². The van der Waals surface area contributed by atoms with E-state index in [-0.39, 0.29) is 0 Å². The highest BCUT2D eigenvalue weighted by Crippen LogP contribution is 2.23. The molecule has 66 valence electrons. The minimum absolute atomic E-state index is 0.838. The van der Waals surface area contributed by atoms with Crippen LogP contribution in [0.15, 0.2) is 24.3 Å². The van der Waals surface area contributed by atoms with Crippen LogP contribution in [0.3, 0.4) is 0 Å². The van der Waals surface area contributed by atoms with Crippen molar-refractivity contribution in [3.05, 3.63) is 28.0 Å². The van der Waals surface area contributed by atoms with Crippen molar-refractivity contribution < 1.29 is 4.74 Å². The van der Waals surface area contributed by atoms with Crippen molar-refractivity contribution in [1.29, 1.82) is 0 Å². The first-order valence-electron chi connectivity index (χ1n) is 3.77. The van der Waals surface area contributed by atoms with Crippen molar-refractivity contribution in [1.82, 2.24) is 10.2 Å². The summed E-state index contributed by atoms with van der Waals surface area (Å²) in [6.07, 6.45) is 0. The lowest BCUT2D eigenvalue weighted by Crippen LogP contribution is -1.90. The number of hydrogen-bond donors (Lipinski definition) is 0. The molecule has 0 aliphatic carbocycles. The van der Waals surface area contributed by atoms with Crippen molar-refractivity contribution in [2.24, 2.45) is 0 Å². The summed E-state index contributed by atoms with van der Waals surface area (Å²) in [6, 6.07) is 7.70. The molecule has 0 saturated carbocycles. The van der Waals surface area contributed by atoms with Crippen LogP contribution < -0.4 is 4.74 Å². The standard InChI is InChI=1S/C9H7IN2O/c1-13-8-4-2-3-7-6(8)5-9(10)12-11-7/h2-5H,1H3. The number of nitrogens with zero attached hydrogens (tertiary/aromatic N) is 2. The summed E-state index contributed by atoms with van der Waals surface area (Å²) in [5.74, 6) is 0.838. The van der Waals surface area contributed by atoms with Gasteiger partial charge < -0.3 is 4.74 Å². The second kappa shape index (κ2) is 3.45. The molecule has 1 heterocycles. The SMILES string of the molecule is COc1cccc2nnc(I)cc12. The zero-order valence-corrected chi connectivity index (χ0v) is 9.15. The Kier molecular flexibility index (Phi) is 2.30. The highest BCUT2D eigenvalue weighted by molar-refractivity contribution is 14.1. The quantitative estimate of drug-likeness (QED) is 0.754. The van der Waals surface area contributed by atoms with Gasteiger partial charge >= 0.3 is 0 Å². The largest absolute Gasteiger partial charge is 0.496 e. The minimum atomic E-state index is 0.838. The average molecular weight is 286 g/mol. The van der Waals surface area contributed by atoms with Gasteiger partial charge in [0.25, 0.3) is 0 Å². The van der Waals surface area contributed by atoms with Crippen LogP contribution in [0.1, 0.15) is 0 Å². The highest BCUT2D eigenvalue weighted by Gasteiger charge is 2.02. The molecule has 1 aromatic carbocycles. The van der Waals surface area contributed by atoms with Gasteiger partial charge in [0.15, 0.2) is 0 Å². The van der Waals surface area contributed by atoms with E-state index in [0.29, 0.717) is 0 Å². The maximum absolute atomic E-state index is 5.21. The number of halogens is 1. The van der Waals surface area contributed by atoms with Crippen LogP contribution in [-0.4, -0.2) is 17.3 Å².